The third-order valence-corrected chi connectivity index (χ3v) is 6.68. The van der Waals surface area contributed by atoms with Crippen LogP contribution in [-0.4, -0.2) is 27.1 Å². The predicted molar refractivity (Wildman–Crippen MR) is 133 cm³/mol. The topological polar surface area (TPSA) is 68.8 Å². The van der Waals surface area contributed by atoms with Gasteiger partial charge in [0, 0.05) is 23.3 Å². The number of rotatable bonds is 5. The van der Waals surface area contributed by atoms with Crippen LogP contribution in [0.4, 0.5) is 15.8 Å². The number of carbonyl (C=O) groups excluding carboxylic acids is 1. The number of allylic oxidation sites excluding steroid dienone is 1. The quantitative estimate of drug-likeness (QED) is 0.485. The van der Waals surface area contributed by atoms with Crippen LogP contribution in [0.25, 0.3) is 0 Å². The second-order valence-corrected chi connectivity index (χ2v) is 8.65. The first kappa shape index (κ1) is 22.8. The summed E-state index contributed by atoms with van der Waals surface area (Å²) in [6.07, 6.45) is 0.850. The number of hydrogen-bond donors (Lipinski definition) is 2. The molecule has 5 rings (SSSR count). The molecule has 2 atom stereocenters. The van der Waals surface area contributed by atoms with Gasteiger partial charge in [-0.2, -0.15) is 0 Å². The number of carbonyl (C=O) groups is 1. The van der Waals surface area contributed by atoms with Crippen molar-refractivity contribution in [2.75, 3.05) is 32.0 Å². The number of para-hydroxylation sites is 2. The van der Waals surface area contributed by atoms with E-state index in [0.717, 1.165) is 22.6 Å². The minimum Gasteiger partial charge on any atom is -0.493 e. The van der Waals surface area contributed by atoms with Gasteiger partial charge in [-0.15, -0.1) is 0 Å². The molecular formula is C28H27FN2O4. The molecule has 0 saturated carbocycles. The van der Waals surface area contributed by atoms with E-state index in [1.54, 1.807) is 39.5 Å². The zero-order valence-electron chi connectivity index (χ0n) is 19.9. The number of fused-ring (bicyclic) bond motifs is 1. The largest absolute Gasteiger partial charge is 0.493 e. The van der Waals surface area contributed by atoms with Crippen molar-refractivity contribution in [2.24, 2.45) is 0 Å². The first-order valence-corrected chi connectivity index (χ1v) is 11.5. The molecule has 2 N–H and O–H groups in total. The summed E-state index contributed by atoms with van der Waals surface area (Å²) >= 11 is 0. The molecule has 0 radical (unpaired) electrons. The number of anilines is 2. The molecular weight excluding hydrogens is 447 g/mol. The van der Waals surface area contributed by atoms with Gasteiger partial charge in [-0.3, -0.25) is 4.79 Å². The number of ether oxygens (including phenoxy) is 3. The Balaban J connectivity index is 1.61. The van der Waals surface area contributed by atoms with Crippen LogP contribution in [0.2, 0.25) is 0 Å². The van der Waals surface area contributed by atoms with Gasteiger partial charge in [0.25, 0.3) is 0 Å². The van der Waals surface area contributed by atoms with E-state index in [2.05, 4.69) is 10.6 Å². The van der Waals surface area contributed by atoms with Crippen LogP contribution in [0.15, 0.2) is 71.9 Å². The van der Waals surface area contributed by atoms with E-state index in [-0.39, 0.29) is 23.9 Å². The molecule has 3 aromatic rings. The van der Waals surface area contributed by atoms with Crippen LogP contribution in [0.1, 0.15) is 35.9 Å². The molecule has 0 spiro atoms. The highest BCUT2D eigenvalue weighted by Gasteiger charge is 2.37. The molecule has 1 aliphatic heterocycles. The van der Waals surface area contributed by atoms with Gasteiger partial charge in [-0.05, 0) is 48.2 Å². The lowest BCUT2D eigenvalue weighted by molar-refractivity contribution is -0.116. The molecule has 7 heteroatoms. The van der Waals surface area contributed by atoms with Crippen LogP contribution in [-0.2, 0) is 4.79 Å². The zero-order valence-corrected chi connectivity index (χ0v) is 19.9. The highest BCUT2D eigenvalue weighted by molar-refractivity contribution is 6.01. The fourth-order valence-electron chi connectivity index (χ4n) is 5.01. The van der Waals surface area contributed by atoms with Gasteiger partial charge in [0.1, 0.15) is 5.82 Å². The average molecular weight is 475 g/mol. The summed E-state index contributed by atoms with van der Waals surface area (Å²) in [5.41, 5.74) is 4.36. The monoisotopic (exact) mass is 474 g/mol. The number of methoxy groups -OCH3 is 3. The van der Waals surface area contributed by atoms with E-state index in [1.807, 2.05) is 36.4 Å². The van der Waals surface area contributed by atoms with Crippen molar-refractivity contribution in [3.8, 4) is 17.2 Å². The first-order valence-electron chi connectivity index (χ1n) is 11.5. The van der Waals surface area contributed by atoms with E-state index in [9.17, 15) is 9.18 Å². The van der Waals surface area contributed by atoms with Crippen LogP contribution < -0.4 is 24.8 Å². The third-order valence-electron chi connectivity index (χ3n) is 6.68. The Hall–Kier alpha value is -4.00. The second kappa shape index (κ2) is 9.33. The normalized spacial score (nSPS) is 19.0. The van der Waals surface area contributed by atoms with Crippen molar-refractivity contribution < 1.29 is 23.4 Å². The smallest absolute Gasteiger partial charge is 0.203 e. The van der Waals surface area contributed by atoms with E-state index in [0.29, 0.717) is 34.8 Å². The lowest BCUT2D eigenvalue weighted by Crippen LogP contribution is -2.27. The average Bonchev–Trinajstić information content (AvgIpc) is 3.04. The number of ketones is 1. The van der Waals surface area contributed by atoms with Gasteiger partial charge in [-0.1, -0.05) is 30.3 Å². The lowest BCUT2D eigenvalue weighted by Gasteiger charge is -2.30. The molecule has 1 heterocycles. The van der Waals surface area contributed by atoms with Gasteiger partial charge < -0.3 is 24.8 Å². The summed E-state index contributed by atoms with van der Waals surface area (Å²) in [4.78, 5) is 13.7. The molecule has 6 nitrogen and oxygen atoms in total. The van der Waals surface area contributed by atoms with Crippen LogP contribution in [0, 0.1) is 5.82 Å². The van der Waals surface area contributed by atoms with Crippen LogP contribution in [0.5, 0.6) is 17.2 Å². The van der Waals surface area contributed by atoms with Gasteiger partial charge in [-0.25, -0.2) is 4.39 Å². The summed E-state index contributed by atoms with van der Waals surface area (Å²) in [5, 5.41) is 6.89. The minimum absolute atomic E-state index is 0.0361. The Labute approximate surface area is 203 Å². The van der Waals surface area contributed by atoms with E-state index in [4.69, 9.17) is 14.2 Å². The molecule has 0 bridgehead atoms. The summed E-state index contributed by atoms with van der Waals surface area (Å²) in [5.74, 6) is 1.08. The van der Waals surface area contributed by atoms with Crippen molar-refractivity contribution in [1.82, 2.24) is 0 Å². The van der Waals surface area contributed by atoms with Gasteiger partial charge in [0.15, 0.2) is 17.3 Å². The molecule has 0 amide bonds. The Bertz CT molecular complexity index is 1290. The minimum atomic E-state index is -0.601. The molecule has 1 aliphatic carbocycles. The molecule has 180 valence electrons. The first-order chi connectivity index (χ1) is 17.0. The fourth-order valence-corrected chi connectivity index (χ4v) is 5.01. The summed E-state index contributed by atoms with van der Waals surface area (Å²) in [6.45, 7) is 0. The van der Waals surface area contributed by atoms with E-state index >= 15 is 0 Å². The van der Waals surface area contributed by atoms with Crippen molar-refractivity contribution in [1.29, 1.82) is 0 Å². The van der Waals surface area contributed by atoms with Gasteiger partial charge >= 0.3 is 0 Å². The Kier molecular flexibility index (Phi) is 6.07. The Morgan fingerprint density at radius 2 is 1.51 bits per heavy atom. The zero-order chi connectivity index (χ0) is 24.5. The number of Topliss-reactive ketones (excluding diaryl/α,β-unsaturated/α-hetero) is 1. The summed E-state index contributed by atoms with van der Waals surface area (Å²) in [7, 11) is 4.70. The maximum atomic E-state index is 14.9. The van der Waals surface area contributed by atoms with Crippen molar-refractivity contribution in [3.63, 3.8) is 0 Å². The summed E-state index contributed by atoms with van der Waals surface area (Å²) < 4.78 is 31.4. The molecule has 3 aromatic carbocycles. The maximum Gasteiger partial charge on any atom is 0.203 e. The van der Waals surface area contributed by atoms with Crippen molar-refractivity contribution >= 4 is 17.2 Å². The molecule has 0 fully saturated rings. The number of nitrogens with one attached hydrogen (secondary N) is 2. The molecule has 0 saturated heterocycles. The van der Waals surface area contributed by atoms with Gasteiger partial charge in [0.2, 0.25) is 5.75 Å². The number of halogens is 1. The SMILES string of the molecule is COc1cc(C2CC(=O)C3=C(C2)Nc2ccccc2NC3c2ccccc2F)cc(OC)c1OC. The Morgan fingerprint density at radius 1 is 0.857 bits per heavy atom. The fraction of sp³-hybridized carbons (Fsp3) is 0.250. The number of hydrogen-bond acceptors (Lipinski definition) is 6. The molecule has 35 heavy (non-hydrogen) atoms. The second-order valence-electron chi connectivity index (χ2n) is 8.65. The molecule has 2 aliphatic rings. The Morgan fingerprint density at radius 3 is 2.17 bits per heavy atom. The highest BCUT2D eigenvalue weighted by atomic mass is 19.1. The molecule has 0 aromatic heterocycles. The highest BCUT2D eigenvalue weighted by Crippen LogP contribution is 2.47. The third kappa shape index (κ3) is 4.07. The van der Waals surface area contributed by atoms with Crippen LogP contribution >= 0.6 is 0 Å². The maximum absolute atomic E-state index is 14.9. The molecule has 2 unspecified atom stereocenters. The van der Waals surface area contributed by atoms with Crippen LogP contribution in [0.3, 0.4) is 0 Å². The lowest BCUT2D eigenvalue weighted by atomic mass is 9.78. The van der Waals surface area contributed by atoms with Crippen molar-refractivity contribution in [3.05, 3.63) is 88.9 Å². The standard InChI is InChI=1S/C28H27FN2O4/c1-33-24-14-17(15-25(34-2)28(24)35-3)16-12-22-26(23(32)13-16)27(18-8-4-5-9-19(18)29)31-21-11-7-6-10-20(21)30-22/h4-11,14-16,27,30-31H,12-13H2,1-3H3. The van der Waals surface area contributed by atoms with Crippen molar-refractivity contribution in [2.45, 2.75) is 24.8 Å². The summed E-state index contributed by atoms with van der Waals surface area (Å²) in [6, 6.07) is 17.5. The predicted octanol–water partition coefficient (Wildman–Crippen LogP) is 5.83. The van der Waals surface area contributed by atoms with Gasteiger partial charge in [0.05, 0.1) is 38.7 Å². The number of benzene rings is 3. The van der Waals surface area contributed by atoms with E-state index in [1.165, 1.54) is 6.07 Å². The van der Waals surface area contributed by atoms with E-state index < -0.39 is 6.04 Å².